The van der Waals surface area contributed by atoms with Crippen LogP contribution in [0.1, 0.15) is 6.92 Å². The van der Waals surface area contributed by atoms with Gasteiger partial charge in [0.2, 0.25) is 5.91 Å². The van der Waals surface area contributed by atoms with Crippen molar-refractivity contribution < 1.29 is 9.53 Å². The molecule has 0 bridgehead atoms. The Morgan fingerprint density at radius 3 is 2.76 bits per heavy atom. The van der Waals surface area contributed by atoms with Gasteiger partial charge in [-0.1, -0.05) is 30.3 Å². The summed E-state index contributed by atoms with van der Waals surface area (Å²) in [6.45, 7) is 4.41. The molecule has 34 heavy (non-hydrogen) atoms. The second kappa shape index (κ2) is 8.51. The number of aromatic nitrogens is 4. The maximum Gasteiger partial charge on any atom is 0.221 e. The number of carbonyl (C=O) groups excluding carboxylic acids is 1. The Morgan fingerprint density at radius 2 is 1.91 bits per heavy atom. The van der Waals surface area contributed by atoms with Crippen LogP contribution >= 0.6 is 11.3 Å². The summed E-state index contributed by atoms with van der Waals surface area (Å²) in [5.41, 5.74) is 4.51. The Bertz CT molecular complexity index is 1520. The third-order valence-electron chi connectivity index (χ3n) is 5.89. The lowest BCUT2D eigenvalue weighted by molar-refractivity contribution is -0.114. The van der Waals surface area contributed by atoms with E-state index in [1.165, 1.54) is 6.92 Å². The smallest absolute Gasteiger partial charge is 0.221 e. The lowest BCUT2D eigenvalue weighted by Gasteiger charge is -2.28. The van der Waals surface area contributed by atoms with Crippen molar-refractivity contribution >= 4 is 49.9 Å². The highest BCUT2D eigenvalue weighted by atomic mass is 32.1. The van der Waals surface area contributed by atoms with Crippen LogP contribution < -0.4 is 10.2 Å². The Labute approximate surface area is 199 Å². The van der Waals surface area contributed by atoms with Gasteiger partial charge in [-0.2, -0.15) is 5.10 Å². The monoisotopic (exact) mass is 470 g/mol. The number of aromatic amines is 1. The molecule has 8 nitrogen and oxygen atoms in total. The normalized spacial score (nSPS) is 14.1. The summed E-state index contributed by atoms with van der Waals surface area (Å²) in [6.07, 6.45) is 1.81. The number of ether oxygens (including phenoxy) is 1. The third kappa shape index (κ3) is 3.68. The van der Waals surface area contributed by atoms with Gasteiger partial charge < -0.3 is 15.0 Å². The highest BCUT2D eigenvalue weighted by Gasteiger charge is 2.22. The maximum absolute atomic E-state index is 11.8. The first-order valence-electron chi connectivity index (χ1n) is 11.1. The number of H-pyrrole nitrogens is 1. The summed E-state index contributed by atoms with van der Waals surface area (Å²) in [5, 5.41) is 11.2. The molecule has 0 spiro atoms. The van der Waals surface area contributed by atoms with Gasteiger partial charge in [0, 0.05) is 47.1 Å². The van der Waals surface area contributed by atoms with Gasteiger partial charge in [-0.05, 0) is 18.2 Å². The zero-order chi connectivity index (χ0) is 23.1. The number of nitrogens with zero attached hydrogens (tertiary/aromatic N) is 4. The number of hydrogen-bond acceptors (Lipinski definition) is 7. The highest BCUT2D eigenvalue weighted by molar-refractivity contribution is 7.22. The molecule has 0 aliphatic carbocycles. The van der Waals surface area contributed by atoms with Crippen LogP contribution in [0.4, 0.5) is 11.5 Å². The minimum Gasteiger partial charge on any atom is -0.378 e. The largest absolute Gasteiger partial charge is 0.378 e. The lowest BCUT2D eigenvalue weighted by Crippen LogP contribution is -2.36. The van der Waals surface area contributed by atoms with Crippen molar-refractivity contribution in [3.8, 4) is 21.8 Å². The molecular formula is C25H22N6O2S. The molecule has 0 atom stereocenters. The molecule has 3 aromatic heterocycles. The van der Waals surface area contributed by atoms with Crippen LogP contribution in [0.25, 0.3) is 42.9 Å². The van der Waals surface area contributed by atoms with Crippen LogP contribution in [0.15, 0.2) is 54.7 Å². The minimum absolute atomic E-state index is 0.0992. The highest BCUT2D eigenvalue weighted by Crippen LogP contribution is 2.41. The fourth-order valence-electron chi connectivity index (χ4n) is 4.32. The molecule has 0 unspecified atom stereocenters. The van der Waals surface area contributed by atoms with E-state index in [-0.39, 0.29) is 5.91 Å². The second-order valence-corrected chi connectivity index (χ2v) is 9.21. The SMILES string of the molecule is CC(=O)Nc1ccccc1-c1cc2nc(-c3cccc4[nH]ncc34)nc(N3CCOCC3)c2s1. The van der Waals surface area contributed by atoms with Crippen LogP contribution in [0.2, 0.25) is 0 Å². The summed E-state index contributed by atoms with van der Waals surface area (Å²) in [7, 11) is 0. The van der Waals surface area contributed by atoms with Crippen LogP contribution in [-0.4, -0.2) is 52.4 Å². The molecule has 5 aromatic rings. The van der Waals surface area contributed by atoms with E-state index in [0.29, 0.717) is 19.0 Å². The van der Waals surface area contributed by atoms with Crippen molar-refractivity contribution in [2.24, 2.45) is 0 Å². The van der Waals surface area contributed by atoms with E-state index in [9.17, 15) is 4.79 Å². The van der Waals surface area contributed by atoms with Gasteiger partial charge in [-0.15, -0.1) is 11.3 Å². The number of anilines is 2. The van der Waals surface area contributed by atoms with Crippen molar-refractivity contribution in [2.75, 3.05) is 36.5 Å². The molecular weight excluding hydrogens is 448 g/mol. The van der Waals surface area contributed by atoms with E-state index in [4.69, 9.17) is 14.7 Å². The van der Waals surface area contributed by atoms with Crippen molar-refractivity contribution in [1.29, 1.82) is 0 Å². The number of fused-ring (bicyclic) bond motifs is 2. The number of nitrogens with one attached hydrogen (secondary N) is 2. The molecule has 4 heterocycles. The van der Waals surface area contributed by atoms with Gasteiger partial charge >= 0.3 is 0 Å². The van der Waals surface area contributed by atoms with Gasteiger partial charge in [0.05, 0.1) is 35.1 Å². The zero-order valence-corrected chi connectivity index (χ0v) is 19.4. The first kappa shape index (κ1) is 20.8. The molecule has 1 aliphatic rings. The Hall–Kier alpha value is -3.82. The van der Waals surface area contributed by atoms with E-state index >= 15 is 0 Å². The number of benzene rings is 2. The van der Waals surface area contributed by atoms with E-state index in [1.54, 1.807) is 11.3 Å². The molecule has 1 aliphatic heterocycles. The fraction of sp³-hybridized carbons (Fsp3) is 0.200. The summed E-state index contributed by atoms with van der Waals surface area (Å²) in [6, 6.07) is 15.9. The van der Waals surface area contributed by atoms with Gasteiger partial charge in [-0.25, -0.2) is 9.97 Å². The lowest BCUT2D eigenvalue weighted by atomic mass is 10.1. The van der Waals surface area contributed by atoms with Crippen LogP contribution in [0, 0.1) is 0 Å². The number of carbonyl (C=O) groups is 1. The molecule has 1 saturated heterocycles. The minimum atomic E-state index is -0.0992. The molecule has 0 radical (unpaired) electrons. The molecule has 0 saturated carbocycles. The third-order valence-corrected chi connectivity index (χ3v) is 7.05. The van der Waals surface area contributed by atoms with Crippen molar-refractivity contribution in [3.05, 3.63) is 54.7 Å². The average molecular weight is 471 g/mol. The number of para-hydroxylation sites is 1. The molecule has 9 heteroatoms. The second-order valence-electron chi connectivity index (χ2n) is 8.16. The number of amides is 1. The predicted octanol–water partition coefficient (Wildman–Crippen LogP) is 4.70. The summed E-state index contributed by atoms with van der Waals surface area (Å²) in [4.78, 5) is 25.1. The predicted molar refractivity (Wildman–Crippen MR) is 135 cm³/mol. The average Bonchev–Trinajstić information content (AvgIpc) is 3.51. The molecule has 170 valence electrons. The molecule has 1 amide bonds. The van der Waals surface area contributed by atoms with Gasteiger partial charge in [0.15, 0.2) is 11.6 Å². The van der Waals surface area contributed by atoms with Crippen LogP contribution in [0.3, 0.4) is 0 Å². The molecule has 2 N–H and O–H groups in total. The van der Waals surface area contributed by atoms with E-state index in [2.05, 4.69) is 26.5 Å². The first-order chi connectivity index (χ1) is 16.7. The molecule has 1 fully saturated rings. The van der Waals surface area contributed by atoms with Crippen LogP contribution in [-0.2, 0) is 9.53 Å². The fourth-order valence-corrected chi connectivity index (χ4v) is 5.47. The summed E-state index contributed by atoms with van der Waals surface area (Å²) >= 11 is 1.64. The number of rotatable bonds is 4. The Morgan fingerprint density at radius 1 is 1.09 bits per heavy atom. The number of hydrogen-bond donors (Lipinski definition) is 2. The summed E-state index contributed by atoms with van der Waals surface area (Å²) < 4.78 is 6.61. The number of morpholine rings is 1. The zero-order valence-electron chi connectivity index (χ0n) is 18.5. The molecule has 6 rings (SSSR count). The van der Waals surface area contributed by atoms with Gasteiger partial charge in [-0.3, -0.25) is 9.89 Å². The maximum atomic E-state index is 11.8. The van der Waals surface area contributed by atoms with Crippen molar-refractivity contribution in [2.45, 2.75) is 6.92 Å². The number of thiophene rings is 1. The first-order valence-corrected chi connectivity index (χ1v) is 11.9. The van der Waals surface area contributed by atoms with Crippen molar-refractivity contribution in [1.82, 2.24) is 20.2 Å². The standard InChI is InChI=1S/C25H22N6O2S/c1-15(32)27-19-7-3-2-5-17(19)22-13-21-23(34-22)25(31-9-11-33-12-10-31)29-24(28-21)16-6-4-8-20-18(16)14-26-30-20/h2-8,13-14H,9-12H2,1H3,(H,26,30)(H,27,32). The van der Waals surface area contributed by atoms with Crippen LogP contribution in [0.5, 0.6) is 0 Å². The van der Waals surface area contributed by atoms with Gasteiger partial charge in [0.25, 0.3) is 0 Å². The molecule has 2 aromatic carbocycles. The van der Waals surface area contributed by atoms with Gasteiger partial charge in [0.1, 0.15) is 0 Å². The summed E-state index contributed by atoms with van der Waals surface area (Å²) in [5.74, 6) is 1.48. The van der Waals surface area contributed by atoms with E-state index in [0.717, 1.165) is 61.7 Å². The Balaban J connectivity index is 1.56. The van der Waals surface area contributed by atoms with E-state index in [1.807, 2.05) is 48.7 Å². The van der Waals surface area contributed by atoms with Crippen molar-refractivity contribution in [3.63, 3.8) is 0 Å². The Kier molecular flexibility index (Phi) is 5.20. The van der Waals surface area contributed by atoms with E-state index < -0.39 is 0 Å². The topological polar surface area (TPSA) is 96.0 Å². The quantitative estimate of drug-likeness (QED) is 0.395.